The lowest BCUT2D eigenvalue weighted by atomic mass is 9.82. The Kier molecular flexibility index (Phi) is 17.8. The van der Waals surface area contributed by atoms with E-state index in [2.05, 4.69) is 177 Å². The summed E-state index contributed by atoms with van der Waals surface area (Å²) < 4.78 is 0.000399. The van der Waals surface area contributed by atoms with Crippen LogP contribution in [0.1, 0.15) is 186 Å². The molecule has 1 unspecified atom stereocenters. The first-order valence-electron chi connectivity index (χ1n) is 24.0. The highest BCUT2D eigenvalue weighted by molar-refractivity contribution is 8.09. The summed E-state index contributed by atoms with van der Waals surface area (Å²) in [5.41, 5.74) is 8.40. The number of hydrogen-bond donors (Lipinski definition) is 0. The van der Waals surface area contributed by atoms with Gasteiger partial charge in [0.25, 0.3) is 0 Å². The lowest BCUT2D eigenvalue weighted by Crippen LogP contribution is -2.13. The molecule has 0 aliphatic rings. The van der Waals surface area contributed by atoms with Gasteiger partial charge in [-0.1, -0.05) is 137 Å². The van der Waals surface area contributed by atoms with Crippen LogP contribution in [-0.4, -0.2) is 4.75 Å². The van der Waals surface area contributed by atoms with Crippen molar-refractivity contribution in [3.8, 4) is 52.2 Å². The second-order valence-electron chi connectivity index (χ2n) is 20.0. The van der Waals surface area contributed by atoms with Crippen molar-refractivity contribution in [2.24, 2.45) is 0 Å². The minimum Gasteiger partial charge on any atom is -0.140 e. The van der Waals surface area contributed by atoms with Crippen LogP contribution in [-0.2, 0) is 22.7 Å². The van der Waals surface area contributed by atoms with Crippen molar-refractivity contribution in [3.63, 3.8) is 0 Å². The number of rotatable bonds is 18. The zero-order valence-corrected chi connectivity index (χ0v) is 47.3. The highest BCUT2D eigenvalue weighted by Gasteiger charge is 2.36. The van der Waals surface area contributed by atoms with E-state index in [0.717, 1.165) is 38.5 Å². The van der Waals surface area contributed by atoms with E-state index in [0.29, 0.717) is 5.92 Å². The normalized spacial score (nSPS) is 13.3. The predicted molar refractivity (Wildman–Crippen MR) is 303 cm³/mol. The quantitative estimate of drug-likeness (QED) is 0.0774. The van der Waals surface area contributed by atoms with Gasteiger partial charge < -0.3 is 0 Å². The van der Waals surface area contributed by atoms with Gasteiger partial charge >= 0.3 is 0 Å². The second kappa shape index (κ2) is 21.7. The molecule has 5 heterocycles. The van der Waals surface area contributed by atoms with E-state index in [4.69, 9.17) is 0 Å². The average Bonchev–Trinajstić information content (AvgIpc) is 4.12. The molecule has 0 bridgehead atoms. The van der Waals surface area contributed by atoms with E-state index in [1.165, 1.54) is 87.1 Å². The molecule has 0 spiro atoms. The van der Waals surface area contributed by atoms with Crippen LogP contribution in [0.15, 0.2) is 79.4 Å². The molecule has 0 saturated carbocycles. The van der Waals surface area contributed by atoms with Gasteiger partial charge in [-0.2, -0.15) is 0 Å². The average molecular weight is 968 g/mol. The SMILES string of the molecule is C=C/C=C(\SC(C)(C)CC)c1c(-c2ccc(CCC)s2)c(-c2ccc(C(C)(C)CC)s2)c(-c2ccc(C(C)(C)C)s2)c(-c2ccc(C(C)(C)CC)s2)c1-c1ccc(C(C)CC)s1.CC. The molecule has 0 nitrogen and oxygen atoms in total. The Hall–Kier alpha value is -2.45. The van der Waals surface area contributed by atoms with Crippen LogP contribution in [0.5, 0.6) is 0 Å². The molecule has 0 aliphatic heterocycles. The zero-order valence-electron chi connectivity index (χ0n) is 42.4. The highest BCUT2D eigenvalue weighted by atomic mass is 32.2. The highest BCUT2D eigenvalue weighted by Crippen LogP contribution is 2.61. The van der Waals surface area contributed by atoms with Gasteiger partial charge in [-0.25, -0.2) is 0 Å². The number of aryl methyl sites for hydroxylation is 1. The van der Waals surface area contributed by atoms with E-state index in [-0.39, 0.29) is 21.0 Å². The van der Waals surface area contributed by atoms with Gasteiger partial charge in [0.15, 0.2) is 0 Å². The molecule has 6 rings (SSSR count). The minimum atomic E-state index is 0.000399. The van der Waals surface area contributed by atoms with Crippen molar-refractivity contribution < 1.29 is 0 Å². The Bertz CT molecular complexity index is 2500. The van der Waals surface area contributed by atoms with Crippen molar-refractivity contribution in [3.05, 3.63) is 109 Å². The fourth-order valence-electron chi connectivity index (χ4n) is 7.62. The maximum Gasteiger partial charge on any atom is 0.0359 e. The molecule has 346 valence electrons. The van der Waals surface area contributed by atoms with Gasteiger partial charge in [0, 0.05) is 91.8 Å². The van der Waals surface area contributed by atoms with Crippen LogP contribution < -0.4 is 0 Å². The van der Waals surface area contributed by atoms with E-state index in [9.17, 15) is 0 Å². The third-order valence-electron chi connectivity index (χ3n) is 13.0. The second-order valence-corrected chi connectivity index (χ2v) is 27.3. The number of thiophene rings is 5. The smallest absolute Gasteiger partial charge is 0.0359 e. The van der Waals surface area contributed by atoms with Crippen molar-refractivity contribution in [1.29, 1.82) is 0 Å². The number of hydrogen-bond acceptors (Lipinski definition) is 6. The van der Waals surface area contributed by atoms with Crippen molar-refractivity contribution >= 4 is 73.4 Å². The van der Waals surface area contributed by atoms with Crippen LogP contribution in [0.2, 0.25) is 0 Å². The maximum absolute atomic E-state index is 4.41. The Morgan fingerprint density at radius 3 is 1.44 bits per heavy atom. The number of thioether (sulfide) groups is 1. The Labute approximate surface area is 414 Å². The molecule has 0 aliphatic carbocycles. The molecule has 0 radical (unpaired) electrons. The third-order valence-corrected chi connectivity index (χ3v) is 21.4. The molecular formula is C58H78S6. The molecule has 0 N–H and O–H groups in total. The lowest BCUT2D eigenvalue weighted by molar-refractivity contribution is 0.517. The predicted octanol–water partition coefficient (Wildman–Crippen LogP) is 21.9. The molecular weight excluding hydrogens is 889 g/mol. The fourth-order valence-corrected chi connectivity index (χ4v) is 14.8. The third kappa shape index (κ3) is 11.3. The van der Waals surface area contributed by atoms with Crippen LogP contribution in [0.4, 0.5) is 0 Å². The zero-order chi connectivity index (χ0) is 47.4. The van der Waals surface area contributed by atoms with Gasteiger partial charge in [-0.05, 0) is 121 Å². The Balaban J connectivity index is 0.00000380. The van der Waals surface area contributed by atoms with E-state index in [1.807, 2.05) is 88.4 Å². The summed E-state index contributed by atoms with van der Waals surface area (Å²) in [6, 6.07) is 24.5. The molecule has 0 saturated heterocycles. The van der Waals surface area contributed by atoms with Crippen molar-refractivity contribution in [2.45, 2.75) is 183 Å². The summed E-state index contributed by atoms with van der Waals surface area (Å²) in [7, 11) is 0. The van der Waals surface area contributed by atoms with Crippen LogP contribution in [0.25, 0.3) is 57.1 Å². The summed E-state index contributed by atoms with van der Waals surface area (Å²) in [4.78, 5) is 15.3. The number of allylic oxidation sites excluding steroid dienone is 2. The van der Waals surface area contributed by atoms with Gasteiger partial charge in [-0.3, -0.25) is 0 Å². The monoisotopic (exact) mass is 966 g/mol. The molecule has 1 atom stereocenters. The topological polar surface area (TPSA) is 0 Å². The first-order chi connectivity index (χ1) is 30.2. The summed E-state index contributed by atoms with van der Waals surface area (Å²) in [5.74, 6) is 0.487. The van der Waals surface area contributed by atoms with E-state index in [1.54, 1.807) is 0 Å². The summed E-state index contributed by atoms with van der Waals surface area (Å²) >= 11 is 12.1. The summed E-state index contributed by atoms with van der Waals surface area (Å²) in [5, 5.41) is 0. The molecule has 0 amide bonds. The van der Waals surface area contributed by atoms with Gasteiger partial charge in [0.2, 0.25) is 0 Å². The molecule has 1 aromatic carbocycles. The van der Waals surface area contributed by atoms with Crippen molar-refractivity contribution in [2.75, 3.05) is 0 Å². The molecule has 6 heteroatoms. The minimum absolute atomic E-state index is 0.000399. The maximum atomic E-state index is 4.41. The van der Waals surface area contributed by atoms with E-state index < -0.39 is 0 Å². The Morgan fingerprint density at radius 1 is 0.562 bits per heavy atom. The standard InChI is InChI=1S/C56H72S6.C2H6/c1-17-23-36-25-26-38(57-36)47-50(41-30-33-45(60-41)54(11,12)20-4)49(40-29-32-44(59-40)53(8,9)10)51(42-31-34-46(61-42)55(13,14)21-5)48(39-28-27-37(58-39)35(7)19-3)52(47)43(24-18-2)62-56(15,16)22-6;1-2/h18,24-35H,2,17,19-23H2,1,3-16H3;1-2H3/b43-24-;. The molecule has 6 aromatic rings. The first kappa shape index (κ1) is 52.5. The van der Waals surface area contributed by atoms with Crippen molar-refractivity contribution in [1.82, 2.24) is 0 Å². The van der Waals surface area contributed by atoms with Gasteiger partial charge in [-0.15, -0.1) is 68.4 Å². The summed E-state index contributed by atoms with van der Waals surface area (Å²) in [6.45, 7) is 44.0. The van der Waals surface area contributed by atoms with Crippen LogP contribution >= 0.6 is 68.4 Å². The van der Waals surface area contributed by atoms with Gasteiger partial charge in [0.1, 0.15) is 0 Å². The van der Waals surface area contributed by atoms with Gasteiger partial charge in [0.05, 0.1) is 0 Å². The fraction of sp³-hybridized carbons (Fsp3) is 0.483. The van der Waals surface area contributed by atoms with Crippen LogP contribution in [0.3, 0.4) is 0 Å². The molecule has 64 heavy (non-hydrogen) atoms. The van der Waals surface area contributed by atoms with Crippen LogP contribution in [0, 0.1) is 0 Å². The first-order valence-corrected chi connectivity index (χ1v) is 28.9. The summed E-state index contributed by atoms with van der Waals surface area (Å²) in [6.07, 6.45) is 10.9. The molecule has 5 aromatic heterocycles. The van der Waals surface area contributed by atoms with E-state index >= 15 is 0 Å². The Morgan fingerprint density at radius 2 is 1.00 bits per heavy atom. The largest absolute Gasteiger partial charge is 0.140 e. The molecule has 0 fully saturated rings. The lowest BCUT2D eigenvalue weighted by Gasteiger charge is -2.30. The number of benzene rings is 1.